The number of aromatic amines is 1. The van der Waals surface area contributed by atoms with Crippen molar-refractivity contribution in [2.75, 3.05) is 39.3 Å². The van der Waals surface area contributed by atoms with E-state index in [0.29, 0.717) is 47.7 Å². The van der Waals surface area contributed by atoms with E-state index in [1.807, 2.05) is 19.1 Å². The van der Waals surface area contributed by atoms with E-state index in [-0.39, 0.29) is 23.7 Å². The van der Waals surface area contributed by atoms with Crippen LogP contribution in [0.4, 0.5) is 4.39 Å². The number of likely N-dealkylation sites (tertiary alicyclic amines) is 1. The first-order chi connectivity index (χ1) is 20.3. The number of hydrogen-bond acceptors (Lipinski definition) is 8. The number of fused-ring (bicyclic) bond motifs is 1. The first kappa shape index (κ1) is 29.8. The molecule has 3 heterocycles. The van der Waals surface area contributed by atoms with Crippen LogP contribution in [0.2, 0.25) is 0 Å². The highest BCUT2D eigenvalue weighted by molar-refractivity contribution is 7.89. The molecule has 0 aliphatic carbocycles. The quantitative estimate of drug-likeness (QED) is 0.211. The van der Waals surface area contributed by atoms with E-state index in [4.69, 9.17) is 10.5 Å². The Labute approximate surface area is 244 Å². The van der Waals surface area contributed by atoms with Crippen molar-refractivity contribution in [2.45, 2.75) is 37.6 Å². The molecular weight excluding hydrogens is 561 g/mol. The van der Waals surface area contributed by atoms with E-state index in [0.717, 1.165) is 37.9 Å². The third kappa shape index (κ3) is 6.86. The number of esters is 1. The van der Waals surface area contributed by atoms with Crippen molar-refractivity contribution < 1.29 is 22.3 Å². The monoisotopic (exact) mass is 597 g/mol. The van der Waals surface area contributed by atoms with Gasteiger partial charge in [0.1, 0.15) is 23.8 Å². The van der Waals surface area contributed by atoms with Gasteiger partial charge in [0, 0.05) is 42.6 Å². The highest BCUT2D eigenvalue weighted by Crippen LogP contribution is 2.32. The number of ether oxygens (including phenoxy) is 1. The maximum Gasteiger partial charge on any atom is 0.355 e. The Morgan fingerprint density at radius 3 is 2.67 bits per heavy atom. The van der Waals surface area contributed by atoms with Gasteiger partial charge in [-0.05, 0) is 74.2 Å². The normalized spacial score (nSPS) is 14.9. The summed E-state index contributed by atoms with van der Waals surface area (Å²) in [6.45, 7) is 5.59. The van der Waals surface area contributed by atoms with E-state index in [1.54, 1.807) is 29.1 Å². The largest absolute Gasteiger partial charge is 0.460 e. The van der Waals surface area contributed by atoms with Gasteiger partial charge in [-0.3, -0.25) is 4.68 Å². The zero-order chi connectivity index (χ0) is 29.7. The van der Waals surface area contributed by atoms with Crippen molar-refractivity contribution in [1.82, 2.24) is 29.6 Å². The third-order valence-corrected chi connectivity index (χ3v) is 9.10. The third-order valence-electron chi connectivity index (χ3n) is 7.62. The van der Waals surface area contributed by atoms with Crippen molar-refractivity contribution in [1.29, 1.82) is 0 Å². The Bertz CT molecular complexity index is 1630. The van der Waals surface area contributed by atoms with Crippen LogP contribution in [-0.4, -0.2) is 78.6 Å². The topological polar surface area (TPSA) is 148 Å². The van der Waals surface area contributed by atoms with Gasteiger partial charge in [-0.25, -0.2) is 22.3 Å². The van der Waals surface area contributed by atoms with Gasteiger partial charge >= 0.3 is 5.97 Å². The van der Waals surface area contributed by atoms with E-state index in [2.05, 4.69) is 24.9 Å². The lowest BCUT2D eigenvalue weighted by Gasteiger charge is -2.31. The number of carbonyl (C=O) groups is 1. The number of hydrogen-bond donors (Lipinski definition) is 3. The lowest BCUT2D eigenvalue weighted by molar-refractivity contribution is 0.0512. The first-order valence-electron chi connectivity index (χ1n) is 14.2. The average Bonchev–Trinajstić information content (AvgIpc) is 3.60. The Morgan fingerprint density at radius 2 is 1.95 bits per heavy atom. The second-order valence-electron chi connectivity index (χ2n) is 10.5. The van der Waals surface area contributed by atoms with E-state index in [9.17, 15) is 17.6 Å². The molecule has 2 aromatic carbocycles. The second-order valence-corrected chi connectivity index (χ2v) is 12.3. The molecule has 0 saturated carbocycles. The van der Waals surface area contributed by atoms with Gasteiger partial charge < -0.3 is 20.4 Å². The molecule has 4 N–H and O–H groups in total. The number of carbonyl (C=O) groups excluding carboxylic acids is 1. The number of H-pyrrole nitrogens is 1. The number of nitrogens with two attached hydrogens (primary N) is 1. The van der Waals surface area contributed by atoms with Crippen molar-refractivity contribution in [3.63, 3.8) is 0 Å². The van der Waals surface area contributed by atoms with E-state index >= 15 is 0 Å². The van der Waals surface area contributed by atoms with Crippen LogP contribution >= 0.6 is 0 Å². The molecule has 0 unspecified atom stereocenters. The molecule has 4 aromatic rings. The molecule has 0 radical (unpaired) electrons. The van der Waals surface area contributed by atoms with E-state index < -0.39 is 21.8 Å². The molecule has 2 aromatic heterocycles. The summed E-state index contributed by atoms with van der Waals surface area (Å²) in [7, 11) is -3.54. The molecule has 0 atom stereocenters. The molecular formula is C29H36FN7O4S. The number of sulfonamides is 1. The molecule has 1 aliphatic rings. The van der Waals surface area contributed by atoms with Crippen LogP contribution in [0.15, 0.2) is 53.6 Å². The SMILES string of the molecule is CCc1ccc(S(=O)(=O)NCCN2CCC(Cn3cc(-c4c(C(=O)OCCN)[nH]c5ccc(F)cc45)nn3)CC2)cc1. The molecule has 1 fully saturated rings. The molecule has 0 amide bonds. The minimum Gasteiger partial charge on any atom is -0.460 e. The number of benzene rings is 2. The first-order valence-corrected chi connectivity index (χ1v) is 15.7. The summed E-state index contributed by atoms with van der Waals surface area (Å²) in [5, 5.41) is 9.11. The predicted molar refractivity (Wildman–Crippen MR) is 157 cm³/mol. The highest BCUT2D eigenvalue weighted by atomic mass is 32.2. The molecule has 0 bridgehead atoms. The zero-order valence-corrected chi connectivity index (χ0v) is 24.4. The van der Waals surface area contributed by atoms with Gasteiger partial charge in [0.05, 0.1) is 11.1 Å². The molecule has 224 valence electrons. The lowest BCUT2D eigenvalue weighted by Crippen LogP contribution is -2.40. The second kappa shape index (κ2) is 13.1. The van der Waals surface area contributed by atoms with Crippen molar-refractivity contribution in [3.8, 4) is 11.3 Å². The summed E-state index contributed by atoms with van der Waals surface area (Å²) in [6.07, 6.45) is 4.48. The number of nitrogens with zero attached hydrogens (tertiary/aromatic N) is 4. The number of aryl methyl sites for hydroxylation is 1. The fourth-order valence-corrected chi connectivity index (χ4v) is 6.31. The van der Waals surface area contributed by atoms with Crippen molar-refractivity contribution in [3.05, 3.63) is 65.7 Å². The summed E-state index contributed by atoms with van der Waals surface area (Å²) in [5.74, 6) is -0.660. The standard InChI is InChI=1S/C29H36FN7O4S/c1-2-20-3-6-23(7-4-20)42(39,40)32-12-15-36-13-9-21(10-14-36)18-37-19-26(34-35-37)27-24-17-22(30)5-8-25(24)33-28(27)29(38)41-16-11-31/h3-8,17,19,21,32-33H,2,9-16,18,31H2,1H3. The van der Waals surface area contributed by atoms with Gasteiger partial charge in [0.15, 0.2) is 0 Å². The average molecular weight is 598 g/mol. The van der Waals surface area contributed by atoms with Crippen LogP contribution in [0.1, 0.15) is 35.8 Å². The summed E-state index contributed by atoms with van der Waals surface area (Å²) in [6, 6.07) is 11.2. The summed E-state index contributed by atoms with van der Waals surface area (Å²) in [5.41, 5.74) is 8.23. The van der Waals surface area contributed by atoms with Gasteiger partial charge in [-0.15, -0.1) is 5.10 Å². The number of piperidine rings is 1. The zero-order valence-electron chi connectivity index (χ0n) is 23.6. The molecule has 1 saturated heterocycles. The maximum absolute atomic E-state index is 14.1. The molecule has 5 rings (SSSR count). The van der Waals surface area contributed by atoms with Gasteiger partial charge in [0.2, 0.25) is 10.0 Å². The molecule has 42 heavy (non-hydrogen) atoms. The molecule has 11 nitrogen and oxygen atoms in total. The number of aromatic nitrogens is 4. The van der Waals surface area contributed by atoms with Crippen LogP contribution in [0.5, 0.6) is 0 Å². The van der Waals surface area contributed by atoms with Crippen LogP contribution in [0.3, 0.4) is 0 Å². The van der Waals surface area contributed by atoms with Crippen molar-refractivity contribution >= 4 is 26.9 Å². The molecule has 1 aliphatic heterocycles. The number of nitrogens with one attached hydrogen (secondary N) is 2. The van der Waals surface area contributed by atoms with Crippen molar-refractivity contribution in [2.24, 2.45) is 11.7 Å². The fraction of sp³-hybridized carbons (Fsp3) is 0.414. The lowest BCUT2D eigenvalue weighted by atomic mass is 9.97. The van der Waals surface area contributed by atoms with Gasteiger partial charge in [0.25, 0.3) is 0 Å². The minimum absolute atomic E-state index is 0.0616. The Hall–Kier alpha value is -3.65. The van der Waals surface area contributed by atoms with Gasteiger partial charge in [-0.2, -0.15) is 0 Å². The maximum atomic E-state index is 14.1. The molecule has 13 heteroatoms. The Morgan fingerprint density at radius 1 is 1.19 bits per heavy atom. The number of halogens is 1. The van der Waals surface area contributed by atoms with Crippen LogP contribution < -0.4 is 10.5 Å². The predicted octanol–water partition coefficient (Wildman–Crippen LogP) is 2.93. The smallest absolute Gasteiger partial charge is 0.355 e. The van der Waals surface area contributed by atoms with Gasteiger partial charge in [-0.1, -0.05) is 24.3 Å². The fourth-order valence-electron chi connectivity index (χ4n) is 5.29. The summed E-state index contributed by atoms with van der Waals surface area (Å²) < 4.78 is 49.0. The highest BCUT2D eigenvalue weighted by Gasteiger charge is 2.25. The Balaban J connectivity index is 1.17. The van der Waals surface area contributed by atoms with E-state index in [1.165, 1.54) is 12.1 Å². The van der Waals surface area contributed by atoms with Crippen LogP contribution in [0, 0.1) is 11.7 Å². The summed E-state index contributed by atoms with van der Waals surface area (Å²) >= 11 is 0. The van der Waals surface area contributed by atoms with Crippen LogP contribution in [0.25, 0.3) is 22.2 Å². The van der Waals surface area contributed by atoms with Crippen LogP contribution in [-0.2, 0) is 27.7 Å². The Kier molecular flexibility index (Phi) is 9.31. The molecule has 0 spiro atoms. The minimum atomic E-state index is -3.54. The number of rotatable bonds is 12. The summed E-state index contributed by atoms with van der Waals surface area (Å²) in [4.78, 5) is 18.3.